The summed E-state index contributed by atoms with van der Waals surface area (Å²) in [6.45, 7) is 0.449. The quantitative estimate of drug-likeness (QED) is 0.578. The first-order valence-corrected chi connectivity index (χ1v) is 9.90. The number of hydrogen-bond acceptors (Lipinski definition) is 5. The van der Waals surface area contributed by atoms with Gasteiger partial charge in [-0.15, -0.1) is 0 Å². The number of carbonyl (C=O) groups excluding carboxylic acids is 2. The zero-order chi connectivity index (χ0) is 22.2. The van der Waals surface area contributed by atoms with Crippen LogP contribution in [0.3, 0.4) is 0 Å². The van der Waals surface area contributed by atoms with Gasteiger partial charge in [0.1, 0.15) is 18.1 Å². The number of carbonyl (C=O) groups is 2. The Morgan fingerprint density at radius 2 is 1.81 bits per heavy atom. The van der Waals surface area contributed by atoms with Crippen LogP contribution in [0, 0.1) is 0 Å². The van der Waals surface area contributed by atoms with E-state index in [0.717, 1.165) is 5.56 Å². The maximum atomic E-state index is 12.4. The summed E-state index contributed by atoms with van der Waals surface area (Å²) in [7, 11) is 3.27. The highest BCUT2D eigenvalue weighted by Gasteiger charge is 2.13. The van der Waals surface area contributed by atoms with Gasteiger partial charge < -0.3 is 15.0 Å². The highest BCUT2D eigenvalue weighted by atomic mass is 32.1. The normalized spacial score (nSPS) is 10.1. The van der Waals surface area contributed by atoms with E-state index in [1.165, 1.54) is 23.2 Å². The summed E-state index contributed by atoms with van der Waals surface area (Å²) < 4.78 is 5.80. The van der Waals surface area contributed by atoms with Crippen molar-refractivity contribution in [2.24, 2.45) is 0 Å². The molecule has 7 nitrogen and oxygen atoms in total. The third-order valence-electron chi connectivity index (χ3n) is 4.22. The zero-order valence-corrected chi connectivity index (χ0v) is 18.0. The average Bonchev–Trinajstić information content (AvgIpc) is 2.78. The summed E-state index contributed by atoms with van der Waals surface area (Å²) in [5.74, 6) is 0.0113. The van der Waals surface area contributed by atoms with Gasteiger partial charge in [-0.2, -0.15) is 0 Å². The highest BCUT2D eigenvalue weighted by molar-refractivity contribution is 7.80. The summed E-state index contributed by atoms with van der Waals surface area (Å²) in [5.41, 5.74) is 2.30. The second-order valence-corrected chi connectivity index (χ2v) is 7.25. The fraction of sp³-hybridized carbons (Fsp3) is 0.130. The van der Waals surface area contributed by atoms with Crippen molar-refractivity contribution in [1.29, 1.82) is 0 Å². The van der Waals surface area contributed by atoms with Gasteiger partial charge in [0.05, 0.1) is 5.56 Å². The third-order valence-corrected chi connectivity index (χ3v) is 4.42. The molecule has 0 aliphatic carbocycles. The lowest BCUT2D eigenvalue weighted by molar-refractivity contribution is 0.0821. The molecule has 0 aliphatic rings. The lowest BCUT2D eigenvalue weighted by Gasteiger charge is -2.12. The number of hydrogen-bond donors (Lipinski definition) is 2. The number of ether oxygens (including phenoxy) is 1. The second-order valence-electron chi connectivity index (χ2n) is 6.84. The van der Waals surface area contributed by atoms with Crippen LogP contribution < -0.4 is 15.4 Å². The summed E-state index contributed by atoms with van der Waals surface area (Å²) in [6.07, 6.45) is 1.34. The van der Waals surface area contributed by atoms with Crippen molar-refractivity contribution in [3.63, 3.8) is 0 Å². The van der Waals surface area contributed by atoms with Gasteiger partial charge in [0.15, 0.2) is 5.11 Å². The number of aromatic nitrogens is 1. The number of amides is 2. The zero-order valence-electron chi connectivity index (χ0n) is 17.2. The van der Waals surface area contributed by atoms with Crippen LogP contribution in [0.2, 0.25) is 0 Å². The topological polar surface area (TPSA) is 83.6 Å². The molecule has 0 saturated heterocycles. The Morgan fingerprint density at radius 1 is 1.03 bits per heavy atom. The van der Waals surface area contributed by atoms with Crippen LogP contribution >= 0.6 is 12.2 Å². The van der Waals surface area contributed by atoms with Gasteiger partial charge in [-0.1, -0.05) is 36.4 Å². The van der Waals surface area contributed by atoms with Crippen LogP contribution in [0.4, 0.5) is 5.69 Å². The van der Waals surface area contributed by atoms with Crippen LogP contribution in [0.1, 0.15) is 26.4 Å². The van der Waals surface area contributed by atoms with Crippen molar-refractivity contribution in [2.45, 2.75) is 6.61 Å². The number of anilines is 1. The summed E-state index contributed by atoms with van der Waals surface area (Å²) >= 11 is 5.23. The molecule has 0 atom stereocenters. The number of nitrogens with zero attached hydrogens (tertiary/aromatic N) is 2. The molecule has 158 valence electrons. The van der Waals surface area contributed by atoms with Crippen LogP contribution in [0.5, 0.6) is 5.75 Å². The molecule has 2 N–H and O–H groups in total. The molecule has 2 amide bonds. The molecule has 31 heavy (non-hydrogen) atoms. The Kier molecular flexibility index (Phi) is 7.29. The standard InChI is InChI=1S/C23H22N4O3S/c1-27(2)22(29)20-12-11-17(14-24-20)21(28)26-23(31)25-18-9-6-10-19(13-18)30-15-16-7-4-3-5-8-16/h3-14H,15H2,1-2H3,(H2,25,26,28,31). The van der Waals surface area contributed by atoms with Crippen molar-refractivity contribution in [2.75, 3.05) is 19.4 Å². The van der Waals surface area contributed by atoms with E-state index in [1.807, 2.05) is 48.5 Å². The molecule has 0 radical (unpaired) electrons. The number of thiocarbonyl (C=S) groups is 1. The molecule has 1 heterocycles. The average molecular weight is 435 g/mol. The first-order chi connectivity index (χ1) is 14.9. The molecule has 0 bridgehead atoms. The summed E-state index contributed by atoms with van der Waals surface area (Å²) in [5, 5.41) is 5.70. The SMILES string of the molecule is CN(C)C(=O)c1ccc(C(=O)NC(=S)Nc2cccc(OCc3ccccc3)c2)cn1. The van der Waals surface area contributed by atoms with Gasteiger partial charge in [0.2, 0.25) is 0 Å². The van der Waals surface area contributed by atoms with E-state index in [9.17, 15) is 9.59 Å². The number of nitrogens with one attached hydrogen (secondary N) is 2. The monoisotopic (exact) mass is 434 g/mol. The van der Waals surface area contributed by atoms with E-state index in [-0.39, 0.29) is 16.7 Å². The van der Waals surface area contributed by atoms with Crippen LogP contribution in [0.15, 0.2) is 72.9 Å². The second kappa shape index (κ2) is 10.3. The van der Waals surface area contributed by atoms with E-state index in [0.29, 0.717) is 23.6 Å². The Morgan fingerprint density at radius 3 is 2.48 bits per heavy atom. The minimum absolute atomic E-state index is 0.138. The van der Waals surface area contributed by atoms with Crippen molar-refractivity contribution < 1.29 is 14.3 Å². The molecular weight excluding hydrogens is 412 g/mol. The van der Waals surface area contributed by atoms with E-state index >= 15 is 0 Å². The molecule has 0 spiro atoms. The molecule has 8 heteroatoms. The molecule has 0 saturated carbocycles. The predicted molar refractivity (Wildman–Crippen MR) is 123 cm³/mol. The van der Waals surface area contributed by atoms with Crippen LogP contribution in [0.25, 0.3) is 0 Å². The van der Waals surface area contributed by atoms with E-state index in [4.69, 9.17) is 17.0 Å². The lowest BCUT2D eigenvalue weighted by Crippen LogP contribution is -2.34. The van der Waals surface area contributed by atoms with Gasteiger partial charge in [0.25, 0.3) is 11.8 Å². The van der Waals surface area contributed by atoms with Crippen LogP contribution in [-0.4, -0.2) is 40.9 Å². The fourth-order valence-corrected chi connectivity index (χ4v) is 2.84. The smallest absolute Gasteiger partial charge is 0.271 e. The molecule has 2 aromatic carbocycles. The molecule has 3 rings (SSSR count). The molecule has 0 aliphatic heterocycles. The molecule has 3 aromatic rings. The summed E-state index contributed by atoms with van der Waals surface area (Å²) in [4.78, 5) is 29.7. The van der Waals surface area contributed by atoms with E-state index in [2.05, 4.69) is 15.6 Å². The van der Waals surface area contributed by atoms with Crippen LogP contribution in [-0.2, 0) is 6.61 Å². The number of rotatable bonds is 6. The largest absolute Gasteiger partial charge is 0.489 e. The fourth-order valence-electron chi connectivity index (χ4n) is 2.63. The maximum absolute atomic E-state index is 12.4. The van der Waals surface area contributed by atoms with Gasteiger partial charge in [-0.05, 0) is 42.0 Å². The molecule has 1 aromatic heterocycles. The number of benzene rings is 2. The molecule has 0 fully saturated rings. The Bertz CT molecular complexity index is 1070. The van der Waals surface area contributed by atoms with Crippen molar-refractivity contribution in [3.05, 3.63) is 89.7 Å². The lowest BCUT2D eigenvalue weighted by atomic mass is 10.2. The van der Waals surface area contributed by atoms with Gasteiger partial charge in [0, 0.05) is 32.0 Å². The van der Waals surface area contributed by atoms with Gasteiger partial charge in [-0.25, -0.2) is 0 Å². The van der Waals surface area contributed by atoms with E-state index < -0.39 is 5.91 Å². The highest BCUT2D eigenvalue weighted by Crippen LogP contribution is 2.18. The van der Waals surface area contributed by atoms with Crippen molar-refractivity contribution >= 4 is 34.8 Å². The molecular formula is C23H22N4O3S. The summed E-state index contributed by atoms with van der Waals surface area (Å²) in [6, 6.07) is 20.2. The number of pyridine rings is 1. The Balaban J connectivity index is 1.55. The first-order valence-electron chi connectivity index (χ1n) is 9.49. The van der Waals surface area contributed by atoms with E-state index in [1.54, 1.807) is 20.2 Å². The minimum Gasteiger partial charge on any atom is -0.489 e. The molecule has 0 unspecified atom stereocenters. The van der Waals surface area contributed by atoms with Crippen molar-refractivity contribution in [1.82, 2.24) is 15.2 Å². The first kappa shape index (κ1) is 21.9. The van der Waals surface area contributed by atoms with Crippen molar-refractivity contribution in [3.8, 4) is 5.75 Å². The third kappa shape index (κ3) is 6.35. The Labute approximate surface area is 186 Å². The minimum atomic E-state index is -0.426. The predicted octanol–water partition coefficient (Wildman–Crippen LogP) is 3.49. The van der Waals surface area contributed by atoms with Gasteiger partial charge >= 0.3 is 0 Å². The Hall–Kier alpha value is -3.78. The maximum Gasteiger partial charge on any atom is 0.271 e. The van der Waals surface area contributed by atoms with Gasteiger partial charge in [-0.3, -0.25) is 19.9 Å².